The predicted molar refractivity (Wildman–Crippen MR) is 134 cm³/mol. The Kier molecular flexibility index (Phi) is 6.82. The first-order valence-corrected chi connectivity index (χ1v) is 11.4. The number of methoxy groups -OCH3 is 1. The van der Waals surface area contributed by atoms with Gasteiger partial charge in [0.2, 0.25) is 11.8 Å². The summed E-state index contributed by atoms with van der Waals surface area (Å²) in [6.45, 7) is 7.38. The monoisotopic (exact) mass is 458 g/mol. The molecule has 0 bridgehead atoms. The van der Waals surface area contributed by atoms with Crippen LogP contribution in [0.25, 0.3) is 6.08 Å². The summed E-state index contributed by atoms with van der Waals surface area (Å²) in [5.74, 6) is 0.393. The molecule has 1 N–H and O–H groups in total. The maximum atomic E-state index is 12.6. The van der Waals surface area contributed by atoms with Crippen LogP contribution in [0.1, 0.15) is 40.9 Å². The summed E-state index contributed by atoms with van der Waals surface area (Å²) in [5, 5.41) is 7.52. The van der Waals surface area contributed by atoms with Crippen LogP contribution in [-0.2, 0) is 16.1 Å². The van der Waals surface area contributed by atoms with Crippen molar-refractivity contribution < 1.29 is 14.3 Å². The van der Waals surface area contributed by atoms with E-state index in [1.807, 2.05) is 24.6 Å². The normalized spacial score (nSPS) is 13.6. The van der Waals surface area contributed by atoms with E-state index in [1.54, 1.807) is 30.2 Å². The Hall–Kier alpha value is -3.87. The van der Waals surface area contributed by atoms with E-state index in [-0.39, 0.29) is 11.8 Å². The number of ether oxygens (including phenoxy) is 1. The number of amides is 2. The Bertz CT molecular complexity index is 1240. The fourth-order valence-electron chi connectivity index (χ4n) is 4.20. The highest BCUT2D eigenvalue weighted by molar-refractivity contribution is 6.03. The minimum absolute atomic E-state index is 0.0895. The van der Waals surface area contributed by atoms with Gasteiger partial charge in [-0.3, -0.25) is 14.3 Å². The third-order valence-electron chi connectivity index (χ3n) is 6.10. The number of nitrogens with one attached hydrogen (secondary N) is 1. The summed E-state index contributed by atoms with van der Waals surface area (Å²) < 4.78 is 7.43. The average molecular weight is 459 g/mol. The molecule has 0 saturated carbocycles. The molecule has 2 aromatic carbocycles. The molecule has 0 aliphatic carbocycles. The summed E-state index contributed by atoms with van der Waals surface area (Å²) in [7, 11) is 1.56. The Morgan fingerprint density at radius 3 is 2.59 bits per heavy atom. The lowest BCUT2D eigenvalue weighted by Gasteiger charge is -2.19. The molecule has 2 heterocycles. The first-order valence-electron chi connectivity index (χ1n) is 11.4. The SMILES string of the molecule is COc1cc(NC(=O)/C=C/c2c(C)nn(Cc3ccc(C)cc3)c2C)ccc1N1CCCC1=O. The zero-order chi connectivity index (χ0) is 24.2. The summed E-state index contributed by atoms with van der Waals surface area (Å²) in [6.07, 6.45) is 4.70. The number of benzene rings is 2. The molecule has 0 spiro atoms. The van der Waals surface area contributed by atoms with E-state index in [0.29, 0.717) is 30.9 Å². The Morgan fingerprint density at radius 1 is 1.15 bits per heavy atom. The van der Waals surface area contributed by atoms with Gasteiger partial charge in [-0.2, -0.15) is 5.10 Å². The molecule has 176 valence electrons. The first-order chi connectivity index (χ1) is 16.4. The van der Waals surface area contributed by atoms with Crippen LogP contribution in [0.3, 0.4) is 0 Å². The smallest absolute Gasteiger partial charge is 0.248 e. The lowest BCUT2D eigenvalue weighted by atomic mass is 10.1. The third-order valence-corrected chi connectivity index (χ3v) is 6.10. The topological polar surface area (TPSA) is 76.5 Å². The van der Waals surface area contributed by atoms with Gasteiger partial charge in [0.25, 0.3) is 0 Å². The lowest BCUT2D eigenvalue weighted by Crippen LogP contribution is -2.24. The van der Waals surface area contributed by atoms with Gasteiger partial charge in [0.1, 0.15) is 5.75 Å². The third kappa shape index (κ3) is 5.03. The van der Waals surface area contributed by atoms with Gasteiger partial charge >= 0.3 is 0 Å². The Morgan fingerprint density at radius 2 is 1.91 bits per heavy atom. The van der Waals surface area contributed by atoms with Crippen molar-refractivity contribution in [2.24, 2.45) is 0 Å². The minimum Gasteiger partial charge on any atom is -0.494 e. The lowest BCUT2D eigenvalue weighted by molar-refractivity contribution is -0.117. The fourth-order valence-corrected chi connectivity index (χ4v) is 4.20. The van der Waals surface area contributed by atoms with Crippen LogP contribution in [0.15, 0.2) is 48.5 Å². The molecular weight excluding hydrogens is 428 g/mol. The highest BCUT2D eigenvalue weighted by Crippen LogP contribution is 2.33. The number of carbonyl (C=O) groups is 2. The van der Waals surface area contributed by atoms with Crippen molar-refractivity contribution in [3.05, 3.63) is 76.6 Å². The van der Waals surface area contributed by atoms with Crippen molar-refractivity contribution in [3.63, 3.8) is 0 Å². The number of nitrogens with zero attached hydrogens (tertiary/aromatic N) is 3. The van der Waals surface area contributed by atoms with E-state index in [2.05, 4.69) is 41.6 Å². The first kappa shape index (κ1) is 23.3. The molecule has 0 radical (unpaired) electrons. The molecule has 1 aliphatic heterocycles. The van der Waals surface area contributed by atoms with Crippen LogP contribution in [-0.4, -0.2) is 35.2 Å². The molecule has 3 aromatic rings. The van der Waals surface area contributed by atoms with Crippen molar-refractivity contribution in [3.8, 4) is 5.75 Å². The summed E-state index contributed by atoms with van der Waals surface area (Å²) >= 11 is 0. The number of carbonyl (C=O) groups excluding carboxylic acids is 2. The van der Waals surface area contributed by atoms with Crippen LogP contribution >= 0.6 is 0 Å². The second kappa shape index (κ2) is 9.95. The van der Waals surface area contributed by atoms with Gasteiger partial charge < -0.3 is 15.0 Å². The Labute approximate surface area is 200 Å². The zero-order valence-corrected chi connectivity index (χ0v) is 20.1. The van der Waals surface area contributed by atoms with Crippen LogP contribution in [0.5, 0.6) is 5.75 Å². The van der Waals surface area contributed by atoms with Crippen LogP contribution < -0.4 is 15.0 Å². The van der Waals surface area contributed by atoms with Gasteiger partial charge in [0.05, 0.1) is 25.0 Å². The number of anilines is 2. The van der Waals surface area contributed by atoms with Gasteiger partial charge in [0, 0.05) is 42.1 Å². The van der Waals surface area contributed by atoms with E-state index in [4.69, 9.17) is 4.74 Å². The van der Waals surface area contributed by atoms with Gasteiger partial charge in [-0.25, -0.2) is 0 Å². The van der Waals surface area contributed by atoms with E-state index in [0.717, 1.165) is 29.1 Å². The number of hydrogen-bond donors (Lipinski definition) is 1. The molecule has 1 fully saturated rings. The molecule has 1 aliphatic rings. The van der Waals surface area contributed by atoms with Crippen molar-refractivity contribution in [2.75, 3.05) is 23.9 Å². The zero-order valence-electron chi connectivity index (χ0n) is 20.1. The van der Waals surface area contributed by atoms with Gasteiger partial charge in [0.15, 0.2) is 0 Å². The predicted octanol–water partition coefficient (Wildman–Crippen LogP) is 4.64. The Balaban J connectivity index is 1.45. The van der Waals surface area contributed by atoms with E-state index < -0.39 is 0 Å². The summed E-state index contributed by atoms with van der Waals surface area (Å²) in [5.41, 5.74) is 6.54. The molecule has 1 aromatic heterocycles. The molecule has 0 atom stereocenters. The average Bonchev–Trinajstić information content (AvgIpc) is 3.36. The quantitative estimate of drug-likeness (QED) is 0.523. The molecule has 1 saturated heterocycles. The highest BCUT2D eigenvalue weighted by Gasteiger charge is 2.24. The van der Waals surface area contributed by atoms with E-state index >= 15 is 0 Å². The highest BCUT2D eigenvalue weighted by atomic mass is 16.5. The molecule has 7 nitrogen and oxygen atoms in total. The number of aryl methyl sites for hydroxylation is 2. The van der Waals surface area contributed by atoms with Crippen LogP contribution in [0, 0.1) is 20.8 Å². The summed E-state index contributed by atoms with van der Waals surface area (Å²) in [6, 6.07) is 13.7. The fraction of sp³-hybridized carbons (Fsp3) is 0.296. The maximum Gasteiger partial charge on any atom is 0.248 e. The second-order valence-corrected chi connectivity index (χ2v) is 8.59. The molecule has 34 heavy (non-hydrogen) atoms. The molecule has 2 amide bonds. The number of hydrogen-bond acceptors (Lipinski definition) is 4. The van der Waals surface area contributed by atoms with Crippen LogP contribution in [0.2, 0.25) is 0 Å². The van der Waals surface area contributed by atoms with Crippen molar-refractivity contribution >= 4 is 29.3 Å². The second-order valence-electron chi connectivity index (χ2n) is 8.59. The number of aromatic nitrogens is 2. The van der Waals surface area contributed by atoms with Gasteiger partial charge in [-0.15, -0.1) is 0 Å². The minimum atomic E-state index is -0.253. The van der Waals surface area contributed by atoms with Crippen molar-refractivity contribution in [2.45, 2.75) is 40.2 Å². The molecule has 4 rings (SSSR count). The largest absolute Gasteiger partial charge is 0.494 e. The van der Waals surface area contributed by atoms with Crippen molar-refractivity contribution in [1.82, 2.24) is 9.78 Å². The van der Waals surface area contributed by atoms with Gasteiger partial charge in [-0.05, 0) is 51.0 Å². The standard InChI is InChI=1S/C27H30N4O3/c1-18-7-9-21(10-8-18)17-31-20(3)23(19(2)29-31)12-14-26(32)28-22-11-13-24(25(16-22)34-4)30-15-5-6-27(30)33/h7-14,16H,5-6,15,17H2,1-4H3,(H,28,32)/b14-12+. The summed E-state index contributed by atoms with van der Waals surface area (Å²) in [4.78, 5) is 26.4. The van der Waals surface area contributed by atoms with Crippen LogP contribution in [0.4, 0.5) is 11.4 Å². The van der Waals surface area contributed by atoms with Gasteiger partial charge in [-0.1, -0.05) is 29.8 Å². The van der Waals surface area contributed by atoms with E-state index in [9.17, 15) is 9.59 Å². The molecule has 7 heteroatoms. The number of rotatable bonds is 7. The van der Waals surface area contributed by atoms with Crippen molar-refractivity contribution in [1.29, 1.82) is 0 Å². The molecular formula is C27H30N4O3. The molecule has 0 unspecified atom stereocenters. The maximum absolute atomic E-state index is 12.6. The van der Waals surface area contributed by atoms with E-state index in [1.165, 1.54) is 17.2 Å².